The predicted octanol–water partition coefficient (Wildman–Crippen LogP) is 4.56. The fourth-order valence-electron chi connectivity index (χ4n) is 2.12. The van der Waals surface area contributed by atoms with Crippen LogP contribution in [-0.4, -0.2) is 27.7 Å². The average molecular weight is 383 g/mol. The van der Waals surface area contributed by atoms with Crippen LogP contribution in [0.5, 0.6) is 0 Å². The Labute approximate surface area is 154 Å². The standard InChI is InChI=1S/C18H20F3N3OS/c1-3-4-10-22-16(25)12(2)26-17-23-14(13-8-6-5-7-9-13)11-15(24-17)18(19,20)21/h5-9,11-12H,3-4,10H2,1-2H3,(H,22,25)/t12-/m1/s1. The van der Waals surface area contributed by atoms with Crippen LogP contribution in [0.1, 0.15) is 32.4 Å². The Morgan fingerprint density at radius 1 is 1.23 bits per heavy atom. The molecule has 0 aliphatic rings. The van der Waals surface area contributed by atoms with Gasteiger partial charge in [0.1, 0.15) is 5.69 Å². The van der Waals surface area contributed by atoms with Crippen molar-refractivity contribution in [2.75, 3.05) is 6.54 Å². The van der Waals surface area contributed by atoms with E-state index in [9.17, 15) is 18.0 Å². The highest BCUT2D eigenvalue weighted by atomic mass is 32.2. The fraction of sp³-hybridized carbons (Fsp3) is 0.389. The van der Waals surface area contributed by atoms with Crippen molar-refractivity contribution in [1.29, 1.82) is 0 Å². The van der Waals surface area contributed by atoms with Crippen LogP contribution in [0.2, 0.25) is 0 Å². The first-order valence-electron chi connectivity index (χ1n) is 8.27. The molecule has 0 aliphatic heterocycles. The molecule has 1 atom stereocenters. The van der Waals surface area contributed by atoms with E-state index in [4.69, 9.17) is 0 Å². The first-order chi connectivity index (χ1) is 12.3. The second-order valence-electron chi connectivity index (χ2n) is 5.69. The van der Waals surface area contributed by atoms with Crippen molar-refractivity contribution in [2.45, 2.75) is 43.3 Å². The van der Waals surface area contributed by atoms with Crippen molar-refractivity contribution >= 4 is 17.7 Å². The lowest BCUT2D eigenvalue weighted by atomic mass is 10.1. The largest absolute Gasteiger partial charge is 0.433 e. The molecule has 1 heterocycles. The third-order valence-corrected chi connectivity index (χ3v) is 4.51. The van der Waals surface area contributed by atoms with Gasteiger partial charge < -0.3 is 5.32 Å². The number of hydrogen-bond donors (Lipinski definition) is 1. The molecule has 1 N–H and O–H groups in total. The van der Waals surface area contributed by atoms with Crippen LogP contribution in [0, 0.1) is 0 Å². The summed E-state index contributed by atoms with van der Waals surface area (Å²) in [7, 11) is 0. The molecule has 0 bridgehead atoms. The minimum Gasteiger partial charge on any atom is -0.355 e. The molecule has 8 heteroatoms. The monoisotopic (exact) mass is 383 g/mol. The molecule has 4 nitrogen and oxygen atoms in total. The van der Waals surface area contributed by atoms with E-state index in [2.05, 4.69) is 15.3 Å². The maximum absolute atomic E-state index is 13.2. The number of carbonyl (C=O) groups excluding carboxylic acids is 1. The van der Waals surface area contributed by atoms with Gasteiger partial charge >= 0.3 is 6.18 Å². The third kappa shape index (κ3) is 5.72. The molecule has 2 aromatic rings. The van der Waals surface area contributed by atoms with Crippen molar-refractivity contribution in [2.24, 2.45) is 0 Å². The van der Waals surface area contributed by atoms with E-state index in [-0.39, 0.29) is 16.8 Å². The fourth-order valence-corrected chi connectivity index (χ4v) is 2.93. The number of halogens is 3. The van der Waals surface area contributed by atoms with Gasteiger partial charge in [-0.15, -0.1) is 0 Å². The molecular formula is C18H20F3N3OS. The zero-order valence-electron chi connectivity index (χ0n) is 14.5. The Bertz CT molecular complexity index is 738. The molecule has 0 spiro atoms. The van der Waals surface area contributed by atoms with Crippen LogP contribution in [0.25, 0.3) is 11.3 Å². The predicted molar refractivity (Wildman–Crippen MR) is 95.7 cm³/mol. The summed E-state index contributed by atoms with van der Waals surface area (Å²) in [6.07, 6.45) is -2.80. The summed E-state index contributed by atoms with van der Waals surface area (Å²) in [6, 6.07) is 9.50. The molecule has 1 aromatic carbocycles. The number of carbonyl (C=O) groups is 1. The summed E-state index contributed by atoms with van der Waals surface area (Å²) in [6.45, 7) is 4.17. The van der Waals surface area contributed by atoms with Gasteiger partial charge in [0.25, 0.3) is 0 Å². The first-order valence-corrected chi connectivity index (χ1v) is 9.15. The molecule has 1 amide bonds. The minimum absolute atomic E-state index is 0.0724. The van der Waals surface area contributed by atoms with Crippen LogP contribution in [0.15, 0.2) is 41.6 Å². The van der Waals surface area contributed by atoms with Gasteiger partial charge in [-0.1, -0.05) is 55.4 Å². The second-order valence-corrected chi connectivity index (χ2v) is 7.00. The number of aromatic nitrogens is 2. The summed E-state index contributed by atoms with van der Waals surface area (Å²) in [5.74, 6) is -0.245. The van der Waals surface area contributed by atoms with Gasteiger partial charge in [-0.25, -0.2) is 9.97 Å². The Hall–Kier alpha value is -2.09. The van der Waals surface area contributed by atoms with E-state index < -0.39 is 17.1 Å². The van der Waals surface area contributed by atoms with Gasteiger partial charge in [0.05, 0.1) is 10.9 Å². The topological polar surface area (TPSA) is 54.9 Å². The Balaban J connectivity index is 2.26. The Kier molecular flexibility index (Phi) is 7.02. The molecular weight excluding hydrogens is 363 g/mol. The van der Waals surface area contributed by atoms with Gasteiger partial charge in [0, 0.05) is 12.1 Å². The van der Waals surface area contributed by atoms with Crippen LogP contribution in [0.4, 0.5) is 13.2 Å². The molecule has 26 heavy (non-hydrogen) atoms. The highest BCUT2D eigenvalue weighted by Gasteiger charge is 2.34. The summed E-state index contributed by atoms with van der Waals surface area (Å²) in [5, 5.41) is 2.09. The van der Waals surface area contributed by atoms with Crippen LogP contribution >= 0.6 is 11.8 Å². The normalized spacial score (nSPS) is 12.7. The molecule has 0 unspecified atom stereocenters. The van der Waals surface area contributed by atoms with Gasteiger partial charge in [0.2, 0.25) is 5.91 Å². The molecule has 0 radical (unpaired) electrons. The number of nitrogens with zero attached hydrogens (tertiary/aromatic N) is 2. The molecule has 0 saturated heterocycles. The summed E-state index contributed by atoms with van der Waals surface area (Å²) >= 11 is 0.915. The highest BCUT2D eigenvalue weighted by Crippen LogP contribution is 2.32. The minimum atomic E-state index is -4.59. The van der Waals surface area contributed by atoms with Crippen molar-refractivity contribution < 1.29 is 18.0 Å². The zero-order valence-corrected chi connectivity index (χ0v) is 15.3. The molecule has 140 valence electrons. The highest BCUT2D eigenvalue weighted by molar-refractivity contribution is 8.00. The van der Waals surface area contributed by atoms with Crippen molar-refractivity contribution in [3.05, 3.63) is 42.1 Å². The van der Waals surface area contributed by atoms with E-state index in [0.717, 1.165) is 30.7 Å². The van der Waals surface area contributed by atoms with E-state index in [1.807, 2.05) is 6.92 Å². The summed E-state index contributed by atoms with van der Waals surface area (Å²) < 4.78 is 39.6. The van der Waals surface area contributed by atoms with E-state index in [1.54, 1.807) is 37.3 Å². The third-order valence-electron chi connectivity index (χ3n) is 3.55. The summed E-state index contributed by atoms with van der Waals surface area (Å²) in [4.78, 5) is 19.9. The summed E-state index contributed by atoms with van der Waals surface area (Å²) in [5.41, 5.74) is -0.288. The SMILES string of the molecule is CCCCNC(=O)[C@@H](C)Sc1nc(-c2ccccc2)cc(C(F)(F)F)n1. The van der Waals surface area contributed by atoms with E-state index in [0.29, 0.717) is 12.1 Å². The number of nitrogens with one attached hydrogen (secondary N) is 1. The number of unbranched alkanes of at least 4 members (excludes halogenated alkanes) is 1. The van der Waals surface area contributed by atoms with Crippen LogP contribution in [-0.2, 0) is 11.0 Å². The number of alkyl halides is 3. The van der Waals surface area contributed by atoms with Gasteiger partial charge in [-0.05, 0) is 19.4 Å². The number of thioether (sulfide) groups is 1. The molecule has 2 rings (SSSR count). The number of benzene rings is 1. The van der Waals surface area contributed by atoms with Crippen LogP contribution < -0.4 is 5.32 Å². The molecule has 1 aromatic heterocycles. The van der Waals surface area contributed by atoms with E-state index in [1.165, 1.54) is 0 Å². The quantitative estimate of drug-likeness (QED) is 0.433. The number of amides is 1. The Morgan fingerprint density at radius 3 is 2.54 bits per heavy atom. The maximum Gasteiger partial charge on any atom is 0.433 e. The van der Waals surface area contributed by atoms with Crippen molar-refractivity contribution in [3.8, 4) is 11.3 Å². The van der Waals surface area contributed by atoms with Crippen molar-refractivity contribution in [3.63, 3.8) is 0 Å². The molecule has 0 fully saturated rings. The lowest BCUT2D eigenvalue weighted by Gasteiger charge is -2.13. The maximum atomic E-state index is 13.2. The molecule has 0 aliphatic carbocycles. The second kappa shape index (κ2) is 9.02. The zero-order chi connectivity index (χ0) is 19.2. The lowest BCUT2D eigenvalue weighted by molar-refractivity contribution is -0.141. The molecule has 0 saturated carbocycles. The first kappa shape index (κ1) is 20.2. The van der Waals surface area contributed by atoms with Gasteiger partial charge in [0.15, 0.2) is 5.16 Å². The van der Waals surface area contributed by atoms with Crippen LogP contribution in [0.3, 0.4) is 0 Å². The average Bonchev–Trinajstić information content (AvgIpc) is 2.61. The van der Waals surface area contributed by atoms with E-state index >= 15 is 0 Å². The van der Waals surface area contributed by atoms with Gasteiger partial charge in [-0.3, -0.25) is 4.79 Å². The Morgan fingerprint density at radius 2 is 1.92 bits per heavy atom. The number of rotatable bonds is 7. The van der Waals surface area contributed by atoms with Gasteiger partial charge in [-0.2, -0.15) is 13.2 Å². The van der Waals surface area contributed by atoms with Crippen molar-refractivity contribution in [1.82, 2.24) is 15.3 Å². The smallest absolute Gasteiger partial charge is 0.355 e. The number of hydrogen-bond acceptors (Lipinski definition) is 4. The lowest BCUT2D eigenvalue weighted by Crippen LogP contribution is -2.31.